The Morgan fingerprint density at radius 1 is 1.11 bits per heavy atom. The number of nitrogens with one attached hydrogen (secondary N) is 2. The first-order valence-electron chi connectivity index (χ1n) is 12.3. The number of hydrogen-bond acceptors (Lipinski definition) is 9. The molecule has 37 heavy (non-hydrogen) atoms. The largest absolute Gasteiger partial charge is 0.366 e. The van der Waals surface area contributed by atoms with Gasteiger partial charge in [-0.15, -0.1) is 0 Å². The average Bonchev–Trinajstić information content (AvgIpc) is 3.26. The van der Waals surface area contributed by atoms with Crippen LogP contribution in [0.25, 0.3) is 5.65 Å². The maximum atomic E-state index is 8.97. The van der Waals surface area contributed by atoms with E-state index in [2.05, 4.69) is 62.4 Å². The minimum atomic E-state index is 0.150. The molecule has 1 fully saturated rings. The first kappa shape index (κ1) is 24.7. The summed E-state index contributed by atoms with van der Waals surface area (Å²) in [5.74, 6) is 1.91. The third-order valence-electron chi connectivity index (χ3n) is 6.12. The summed E-state index contributed by atoms with van der Waals surface area (Å²) in [4.78, 5) is 20.3. The van der Waals surface area contributed by atoms with Crippen LogP contribution in [0.2, 0.25) is 5.02 Å². The van der Waals surface area contributed by atoms with Crippen molar-refractivity contribution < 1.29 is 0 Å². The molecular weight excluding hydrogens is 488 g/mol. The molecule has 1 aliphatic rings. The van der Waals surface area contributed by atoms with E-state index < -0.39 is 0 Å². The summed E-state index contributed by atoms with van der Waals surface area (Å²) < 4.78 is 1.78. The second-order valence-electron chi connectivity index (χ2n) is 10.5. The zero-order valence-corrected chi connectivity index (χ0v) is 21.9. The lowest BCUT2D eigenvalue weighted by atomic mass is 9.91. The number of rotatable bonds is 6. The van der Waals surface area contributed by atoms with E-state index in [-0.39, 0.29) is 11.5 Å². The zero-order valence-electron chi connectivity index (χ0n) is 21.1. The highest BCUT2D eigenvalue weighted by Gasteiger charge is 2.21. The minimum Gasteiger partial charge on any atom is -0.366 e. The topological polar surface area (TPSA) is 120 Å². The Hall–Kier alpha value is -3.97. The van der Waals surface area contributed by atoms with Crippen LogP contribution in [0.5, 0.6) is 0 Å². The van der Waals surface area contributed by atoms with Gasteiger partial charge in [0.25, 0.3) is 0 Å². The zero-order chi connectivity index (χ0) is 26.0. The van der Waals surface area contributed by atoms with Crippen LogP contribution in [0, 0.1) is 16.7 Å². The normalized spacial score (nSPS) is 14.5. The molecule has 0 bridgehead atoms. The van der Waals surface area contributed by atoms with Crippen LogP contribution in [0.1, 0.15) is 44.9 Å². The van der Waals surface area contributed by atoms with Crippen LogP contribution < -0.4 is 15.5 Å². The number of fused-ring (bicyclic) bond motifs is 1. The Balaban J connectivity index is 1.22. The maximum Gasteiger partial charge on any atom is 0.229 e. The van der Waals surface area contributed by atoms with Gasteiger partial charge >= 0.3 is 0 Å². The molecule has 0 spiro atoms. The first-order valence-corrected chi connectivity index (χ1v) is 12.6. The van der Waals surface area contributed by atoms with Crippen LogP contribution in [0.3, 0.4) is 0 Å². The van der Waals surface area contributed by atoms with E-state index >= 15 is 0 Å². The molecule has 0 saturated carbocycles. The number of hydrogen-bond donors (Lipinski definition) is 2. The van der Waals surface area contributed by atoms with Crippen molar-refractivity contribution in [1.29, 1.82) is 5.26 Å². The van der Waals surface area contributed by atoms with E-state index in [1.54, 1.807) is 29.2 Å². The van der Waals surface area contributed by atoms with Gasteiger partial charge in [-0.3, -0.25) is 0 Å². The van der Waals surface area contributed by atoms with Crippen molar-refractivity contribution >= 4 is 40.5 Å². The number of nitrogens with zero attached hydrogens (tertiary/aromatic N) is 8. The molecule has 5 rings (SSSR count). The van der Waals surface area contributed by atoms with Gasteiger partial charge in [0.2, 0.25) is 5.95 Å². The number of halogens is 1. The highest BCUT2D eigenvalue weighted by molar-refractivity contribution is 6.32. The Labute approximate surface area is 220 Å². The molecular formula is C26H29ClN10. The van der Waals surface area contributed by atoms with Gasteiger partial charge in [0, 0.05) is 31.4 Å². The van der Waals surface area contributed by atoms with Gasteiger partial charge in [0.1, 0.15) is 16.9 Å². The van der Waals surface area contributed by atoms with Crippen molar-refractivity contribution in [3.63, 3.8) is 0 Å². The molecule has 0 aliphatic carbocycles. The smallest absolute Gasteiger partial charge is 0.229 e. The lowest BCUT2D eigenvalue weighted by Gasteiger charge is -2.33. The number of aromatic nitrogens is 6. The summed E-state index contributed by atoms with van der Waals surface area (Å²) in [6, 6.07) is 7.95. The standard InChI is InChI=1S/C26H29ClN10/c1-26(2,3)11-20-16-37-23(32-20)10-19(14-31-37)34-25-30-15-21(27)24(35-25)33-18-6-8-36(9-7-18)22-5-4-17(12-28)13-29-22/h4-5,10,13-16,18H,6-9,11H2,1-3H3,(H2,30,33,34,35). The van der Waals surface area contributed by atoms with Gasteiger partial charge < -0.3 is 15.5 Å². The van der Waals surface area contributed by atoms with Crippen LogP contribution in [0.15, 0.2) is 43.0 Å². The van der Waals surface area contributed by atoms with Crippen molar-refractivity contribution in [3.05, 3.63) is 59.3 Å². The number of pyridine rings is 1. The maximum absolute atomic E-state index is 8.97. The lowest BCUT2D eigenvalue weighted by Crippen LogP contribution is -2.39. The molecule has 190 valence electrons. The number of imidazole rings is 1. The first-order chi connectivity index (χ1) is 17.8. The monoisotopic (exact) mass is 516 g/mol. The summed E-state index contributed by atoms with van der Waals surface area (Å²) in [6.07, 6.45) is 9.58. The van der Waals surface area contributed by atoms with Gasteiger partial charge in [-0.2, -0.15) is 15.3 Å². The Kier molecular flexibility index (Phi) is 6.80. The highest BCUT2D eigenvalue weighted by Crippen LogP contribution is 2.26. The van der Waals surface area contributed by atoms with E-state index in [1.807, 2.05) is 18.3 Å². The van der Waals surface area contributed by atoms with Crippen molar-refractivity contribution in [2.24, 2.45) is 5.41 Å². The van der Waals surface area contributed by atoms with Gasteiger partial charge in [0.15, 0.2) is 11.5 Å². The molecule has 0 amide bonds. The van der Waals surface area contributed by atoms with Crippen LogP contribution in [-0.2, 0) is 6.42 Å². The van der Waals surface area contributed by atoms with E-state index in [0.717, 1.165) is 55.2 Å². The molecule has 1 saturated heterocycles. The van der Waals surface area contributed by atoms with E-state index in [1.165, 1.54) is 0 Å². The number of anilines is 4. The van der Waals surface area contributed by atoms with Gasteiger partial charge in [-0.1, -0.05) is 32.4 Å². The summed E-state index contributed by atoms with van der Waals surface area (Å²) in [5.41, 5.74) is 3.23. The Morgan fingerprint density at radius 2 is 1.92 bits per heavy atom. The predicted molar refractivity (Wildman–Crippen MR) is 144 cm³/mol. The second-order valence-corrected chi connectivity index (χ2v) is 10.9. The van der Waals surface area contributed by atoms with E-state index in [4.69, 9.17) is 21.8 Å². The molecule has 11 heteroatoms. The molecule has 2 N–H and O–H groups in total. The fourth-order valence-corrected chi connectivity index (χ4v) is 4.51. The number of nitriles is 1. The van der Waals surface area contributed by atoms with Crippen molar-refractivity contribution in [2.45, 2.75) is 46.1 Å². The molecule has 0 unspecified atom stereocenters. The second kappa shape index (κ2) is 10.2. The van der Waals surface area contributed by atoms with Crippen LogP contribution in [0.4, 0.5) is 23.3 Å². The molecule has 0 radical (unpaired) electrons. The molecule has 0 atom stereocenters. The Morgan fingerprint density at radius 3 is 2.62 bits per heavy atom. The van der Waals surface area contributed by atoms with E-state index in [9.17, 15) is 0 Å². The van der Waals surface area contributed by atoms with Gasteiger partial charge in [-0.25, -0.2) is 19.5 Å². The minimum absolute atomic E-state index is 0.150. The molecule has 5 heterocycles. The molecule has 10 nitrogen and oxygen atoms in total. The predicted octanol–water partition coefficient (Wildman–Crippen LogP) is 4.85. The fraction of sp³-hybridized carbons (Fsp3) is 0.385. The number of piperidine rings is 1. The van der Waals surface area contributed by atoms with Gasteiger partial charge in [0.05, 0.1) is 35.5 Å². The fourth-order valence-electron chi connectivity index (χ4n) is 4.37. The lowest BCUT2D eigenvalue weighted by molar-refractivity contribution is 0.407. The highest BCUT2D eigenvalue weighted by atomic mass is 35.5. The molecule has 1 aliphatic heterocycles. The quantitative estimate of drug-likeness (QED) is 0.370. The third-order valence-corrected chi connectivity index (χ3v) is 6.40. The third kappa shape index (κ3) is 6.06. The Bertz CT molecular complexity index is 1430. The molecule has 4 aromatic rings. The van der Waals surface area contributed by atoms with Crippen molar-refractivity contribution in [1.82, 2.24) is 29.5 Å². The van der Waals surface area contributed by atoms with Crippen LogP contribution in [-0.4, -0.2) is 48.7 Å². The average molecular weight is 517 g/mol. The summed E-state index contributed by atoms with van der Waals surface area (Å²) in [5, 5.41) is 20.6. The van der Waals surface area contributed by atoms with E-state index in [0.29, 0.717) is 22.4 Å². The van der Waals surface area contributed by atoms with Crippen molar-refractivity contribution in [3.8, 4) is 6.07 Å². The van der Waals surface area contributed by atoms with Crippen molar-refractivity contribution in [2.75, 3.05) is 28.6 Å². The summed E-state index contributed by atoms with van der Waals surface area (Å²) in [7, 11) is 0. The molecule has 4 aromatic heterocycles. The molecule has 0 aromatic carbocycles. The summed E-state index contributed by atoms with van der Waals surface area (Å²) >= 11 is 6.42. The van der Waals surface area contributed by atoms with Gasteiger partial charge in [-0.05, 0) is 36.8 Å². The SMILES string of the molecule is CC(C)(C)Cc1cn2ncc(Nc3ncc(Cl)c(NC4CCN(c5ccc(C#N)cn5)CC4)n3)cc2n1. The summed E-state index contributed by atoms with van der Waals surface area (Å²) in [6.45, 7) is 8.26. The van der Waals surface area contributed by atoms with Crippen LogP contribution >= 0.6 is 11.6 Å².